The van der Waals surface area contributed by atoms with Gasteiger partial charge in [-0.1, -0.05) is 6.07 Å². The highest BCUT2D eigenvalue weighted by Gasteiger charge is 2.27. The van der Waals surface area contributed by atoms with Crippen LogP contribution in [0.1, 0.15) is 29.6 Å². The maximum atomic E-state index is 12.2. The van der Waals surface area contributed by atoms with E-state index in [1.54, 1.807) is 18.2 Å². The number of nitrogens with two attached hydrogens (primary N) is 1. The van der Waals surface area contributed by atoms with Crippen LogP contribution in [0.25, 0.3) is 0 Å². The zero-order valence-corrected chi connectivity index (χ0v) is 11.3. The minimum absolute atomic E-state index is 0.159. The number of hydrogen-bond donors (Lipinski definition) is 2. The van der Waals surface area contributed by atoms with E-state index in [0.717, 1.165) is 12.8 Å². The average Bonchev–Trinajstić information content (AvgIpc) is 2.63. The number of nitrogen functional groups attached to an aromatic ring is 1. The van der Waals surface area contributed by atoms with Gasteiger partial charge in [0.15, 0.2) is 6.10 Å². The molecule has 0 aromatic heterocycles. The molecule has 1 saturated heterocycles. The lowest BCUT2D eigenvalue weighted by molar-refractivity contribution is -0.129. The van der Waals surface area contributed by atoms with Crippen LogP contribution in [0.4, 0.5) is 5.69 Å². The molecule has 2 rings (SSSR count). The molecule has 6 nitrogen and oxygen atoms in total. The Kier molecular flexibility index (Phi) is 4.45. The first-order valence-corrected chi connectivity index (χ1v) is 6.54. The minimum atomic E-state index is -0.769. The number of rotatable bonds is 3. The third kappa shape index (κ3) is 3.01. The highest BCUT2D eigenvalue weighted by Crippen LogP contribution is 2.26. The maximum absolute atomic E-state index is 12.2. The van der Waals surface area contributed by atoms with Gasteiger partial charge in [-0.2, -0.15) is 0 Å². The number of nitrogens with one attached hydrogen (secondary N) is 1. The van der Waals surface area contributed by atoms with Gasteiger partial charge in [0.25, 0.3) is 5.91 Å². The Hall–Kier alpha value is -2.24. The second-order valence-corrected chi connectivity index (χ2v) is 4.61. The summed E-state index contributed by atoms with van der Waals surface area (Å²) in [5.41, 5.74) is 6.21. The van der Waals surface area contributed by atoms with Crippen molar-refractivity contribution in [2.45, 2.75) is 25.4 Å². The largest absolute Gasteiger partial charge is 0.496 e. The van der Waals surface area contributed by atoms with Crippen LogP contribution in [0.5, 0.6) is 5.75 Å². The van der Waals surface area contributed by atoms with Crippen LogP contribution in [-0.2, 0) is 9.53 Å². The number of ether oxygens (including phenoxy) is 2. The molecule has 0 aliphatic carbocycles. The first-order valence-electron chi connectivity index (χ1n) is 6.54. The molecular formula is C14H18N2O4. The second kappa shape index (κ2) is 6.27. The predicted molar refractivity (Wildman–Crippen MR) is 73.5 cm³/mol. The Morgan fingerprint density at radius 1 is 1.40 bits per heavy atom. The fourth-order valence-electron chi connectivity index (χ4n) is 2.15. The third-order valence-electron chi connectivity index (χ3n) is 3.22. The molecule has 6 heteroatoms. The van der Waals surface area contributed by atoms with Gasteiger partial charge in [-0.15, -0.1) is 0 Å². The fourth-order valence-corrected chi connectivity index (χ4v) is 2.15. The van der Waals surface area contributed by atoms with Gasteiger partial charge in [-0.05, 0) is 31.4 Å². The Bertz CT molecular complexity index is 516. The molecule has 1 amide bonds. The molecule has 1 unspecified atom stereocenters. The topological polar surface area (TPSA) is 90.7 Å². The molecule has 1 aromatic carbocycles. The highest BCUT2D eigenvalue weighted by atomic mass is 16.5. The molecule has 1 fully saturated rings. The van der Waals surface area contributed by atoms with Crippen LogP contribution in [0.3, 0.4) is 0 Å². The summed E-state index contributed by atoms with van der Waals surface area (Å²) in [7, 11) is 1.45. The van der Waals surface area contributed by atoms with Gasteiger partial charge in [0, 0.05) is 12.2 Å². The molecule has 0 radical (unpaired) electrons. The van der Waals surface area contributed by atoms with Gasteiger partial charge in [-0.25, -0.2) is 4.79 Å². The molecule has 20 heavy (non-hydrogen) atoms. The van der Waals surface area contributed by atoms with Gasteiger partial charge < -0.3 is 20.5 Å². The summed E-state index contributed by atoms with van der Waals surface area (Å²) in [5, 5.41) is 2.72. The zero-order chi connectivity index (χ0) is 14.5. The average molecular weight is 278 g/mol. The van der Waals surface area contributed by atoms with Gasteiger partial charge in [0.2, 0.25) is 0 Å². The molecule has 1 heterocycles. The normalized spacial score (nSPS) is 18.9. The van der Waals surface area contributed by atoms with E-state index in [-0.39, 0.29) is 17.2 Å². The van der Waals surface area contributed by atoms with E-state index >= 15 is 0 Å². The Morgan fingerprint density at radius 3 is 2.95 bits per heavy atom. The monoisotopic (exact) mass is 278 g/mol. The smallest absolute Gasteiger partial charge is 0.344 e. The standard InChI is InChI=1S/C14H18N2O4/c1-19-10-7-4-5-9(15)12(10)14(18)20-11-6-2-3-8-16-13(11)17/h4-5,7,11H,2-3,6,8,15H2,1H3,(H,16,17). The summed E-state index contributed by atoms with van der Waals surface area (Å²) >= 11 is 0. The van der Waals surface area contributed by atoms with Crippen LogP contribution in [0, 0.1) is 0 Å². The van der Waals surface area contributed by atoms with E-state index in [9.17, 15) is 9.59 Å². The van der Waals surface area contributed by atoms with Gasteiger partial charge >= 0.3 is 5.97 Å². The Labute approximate surface area is 117 Å². The van der Waals surface area contributed by atoms with Crippen molar-refractivity contribution in [3.63, 3.8) is 0 Å². The lowest BCUT2D eigenvalue weighted by Gasteiger charge is -2.16. The van der Waals surface area contributed by atoms with Gasteiger partial charge in [0.05, 0.1) is 7.11 Å². The van der Waals surface area contributed by atoms with Crippen LogP contribution in [0.2, 0.25) is 0 Å². The number of amides is 1. The van der Waals surface area contributed by atoms with E-state index in [2.05, 4.69) is 5.32 Å². The lowest BCUT2D eigenvalue weighted by Crippen LogP contribution is -2.36. The first kappa shape index (κ1) is 14.2. The van der Waals surface area contributed by atoms with Crippen molar-refractivity contribution in [3.8, 4) is 5.75 Å². The van der Waals surface area contributed by atoms with Crippen molar-refractivity contribution < 1.29 is 19.1 Å². The molecule has 108 valence electrons. The van der Waals surface area contributed by atoms with Crippen molar-refractivity contribution in [1.29, 1.82) is 0 Å². The Balaban J connectivity index is 2.17. The number of esters is 1. The van der Waals surface area contributed by atoms with E-state index < -0.39 is 12.1 Å². The summed E-state index contributed by atoms with van der Waals surface area (Å²) in [6.07, 6.45) is 1.47. The van der Waals surface area contributed by atoms with Crippen molar-refractivity contribution in [2.24, 2.45) is 0 Å². The number of carbonyl (C=O) groups is 2. The molecule has 0 bridgehead atoms. The second-order valence-electron chi connectivity index (χ2n) is 4.61. The van der Waals surface area contributed by atoms with E-state index in [0.29, 0.717) is 18.7 Å². The molecule has 1 aliphatic heterocycles. The SMILES string of the molecule is COc1cccc(N)c1C(=O)OC1CCCCNC1=O. The molecule has 1 atom stereocenters. The van der Waals surface area contributed by atoms with Gasteiger partial charge in [0.1, 0.15) is 11.3 Å². The van der Waals surface area contributed by atoms with Crippen molar-refractivity contribution in [1.82, 2.24) is 5.32 Å². The number of methoxy groups -OCH3 is 1. The highest BCUT2D eigenvalue weighted by molar-refractivity contribution is 5.99. The first-order chi connectivity index (χ1) is 9.63. The fraction of sp³-hybridized carbons (Fsp3) is 0.429. The summed E-state index contributed by atoms with van der Waals surface area (Å²) < 4.78 is 10.4. The van der Waals surface area contributed by atoms with Crippen molar-refractivity contribution in [2.75, 3.05) is 19.4 Å². The van der Waals surface area contributed by atoms with Crippen molar-refractivity contribution in [3.05, 3.63) is 23.8 Å². The third-order valence-corrected chi connectivity index (χ3v) is 3.22. The van der Waals surface area contributed by atoms with E-state index in [1.807, 2.05) is 0 Å². The number of carbonyl (C=O) groups excluding carboxylic acids is 2. The maximum Gasteiger partial charge on any atom is 0.344 e. The molecule has 3 N–H and O–H groups in total. The quantitative estimate of drug-likeness (QED) is 0.638. The molecular weight excluding hydrogens is 260 g/mol. The summed E-state index contributed by atoms with van der Waals surface area (Å²) in [5.74, 6) is -0.560. The van der Waals surface area contributed by atoms with Crippen molar-refractivity contribution >= 4 is 17.6 Å². The van der Waals surface area contributed by atoms with Crippen LogP contribution in [0.15, 0.2) is 18.2 Å². The number of hydrogen-bond acceptors (Lipinski definition) is 5. The summed E-state index contributed by atoms with van der Waals surface area (Å²) in [6, 6.07) is 4.90. The van der Waals surface area contributed by atoms with E-state index in [4.69, 9.17) is 15.2 Å². The zero-order valence-electron chi connectivity index (χ0n) is 11.3. The van der Waals surface area contributed by atoms with Crippen LogP contribution >= 0.6 is 0 Å². The summed E-state index contributed by atoms with van der Waals surface area (Å²) in [6.45, 7) is 0.615. The summed E-state index contributed by atoms with van der Waals surface area (Å²) in [4.78, 5) is 24.0. The van der Waals surface area contributed by atoms with Crippen LogP contribution in [-0.4, -0.2) is 31.6 Å². The number of benzene rings is 1. The minimum Gasteiger partial charge on any atom is -0.496 e. The van der Waals surface area contributed by atoms with E-state index in [1.165, 1.54) is 7.11 Å². The Morgan fingerprint density at radius 2 is 2.20 bits per heavy atom. The molecule has 1 aliphatic rings. The predicted octanol–water partition coefficient (Wildman–Crippen LogP) is 1.10. The number of anilines is 1. The van der Waals surface area contributed by atoms with Crippen LogP contribution < -0.4 is 15.8 Å². The lowest BCUT2D eigenvalue weighted by atomic mass is 10.1. The van der Waals surface area contributed by atoms with Gasteiger partial charge in [-0.3, -0.25) is 4.79 Å². The molecule has 0 spiro atoms. The molecule has 1 aromatic rings. The molecule has 0 saturated carbocycles.